The van der Waals surface area contributed by atoms with Gasteiger partial charge in [-0.1, -0.05) is 12.2 Å². The molecule has 0 aliphatic carbocycles. The monoisotopic (exact) mass is 245 g/mol. The highest BCUT2D eigenvalue weighted by Gasteiger charge is 2.04. The summed E-state index contributed by atoms with van der Waals surface area (Å²) < 4.78 is 13.2. The summed E-state index contributed by atoms with van der Waals surface area (Å²) >= 11 is 3.03. The molecule has 0 atom stereocenters. The smallest absolute Gasteiger partial charge is 0.137 e. The molecule has 13 heavy (non-hydrogen) atoms. The van der Waals surface area contributed by atoms with Crippen molar-refractivity contribution in [2.45, 2.75) is 0 Å². The van der Waals surface area contributed by atoms with Gasteiger partial charge in [0, 0.05) is 12.1 Å². The van der Waals surface area contributed by atoms with Crippen molar-refractivity contribution >= 4 is 22.0 Å². The van der Waals surface area contributed by atoms with Gasteiger partial charge >= 0.3 is 0 Å². The highest BCUT2D eigenvalue weighted by atomic mass is 79.9. The maximum absolute atomic E-state index is 12.8. The van der Waals surface area contributed by atoms with E-state index in [0.29, 0.717) is 16.6 Å². The van der Waals surface area contributed by atoms with Gasteiger partial charge in [-0.15, -0.1) is 0 Å². The quantitative estimate of drug-likeness (QED) is 0.840. The van der Waals surface area contributed by atoms with Gasteiger partial charge in [0.25, 0.3) is 0 Å². The summed E-state index contributed by atoms with van der Waals surface area (Å²) in [4.78, 5) is 0. The number of phenols is 1. The summed E-state index contributed by atoms with van der Waals surface area (Å²) in [6, 6.07) is 2.45. The third-order valence-electron chi connectivity index (χ3n) is 1.49. The highest BCUT2D eigenvalue weighted by molar-refractivity contribution is 9.10. The lowest BCUT2D eigenvalue weighted by molar-refractivity contribution is 0.468. The zero-order chi connectivity index (χ0) is 9.84. The van der Waals surface area contributed by atoms with Crippen molar-refractivity contribution in [2.24, 2.45) is 5.73 Å². The topological polar surface area (TPSA) is 46.2 Å². The van der Waals surface area contributed by atoms with Crippen LogP contribution < -0.4 is 5.73 Å². The third kappa shape index (κ3) is 2.54. The zero-order valence-corrected chi connectivity index (χ0v) is 8.38. The van der Waals surface area contributed by atoms with Crippen molar-refractivity contribution in [1.29, 1.82) is 0 Å². The van der Waals surface area contributed by atoms with Crippen LogP contribution in [0, 0.1) is 5.82 Å². The van der Waals surface area contributed by atoms with Gasteiger partial charge in [0.15, 0.2) is 0 Å². The second-order valence-electron chi connectivity index (χ2n) is 2.46. The maximum atomic E-state index is 12.8. The molecule has 0 aromatic heterocycles. The van der Waals surface area contributed by atoms with Crippen LogP contribution in [0.3, 0.4) is 0 Å². The second-order valence-corrected chi connectivity index (χ2v) is 3.32. The minimum atomic E-state index is -0.402. The zero-order valence-electron chi connectivity index (χ0n) is 6.80. The fraction of sp³-hybridized carbons (Fsp3) is 0.111. The Morgan fingerprint density at radius 1 is 1.54 bits per heavy atom. The number of aromatic hydroxyl groups is 1. The molecule has 0 bridgehead atoms. The standard InChI is InChI=1S/C9H9BrFNO/c10-8-5-7(11)4-6(9(8)13)2-1-3-12/h1-2,4-5,13H,3,12H2/b2-1+. The first kappa shape index (κ1) is 10.2. The molecule has 0 aliphatic heterocycles. The summed E-state index contributed by atoms with van der Waals surface area (Å²) in [6.45, 7) is 0.355. The molecular weight excluding hydrogens is 237 g/mol. The van der Waals surface area contributed by atoms with E-state index in [2.05, 4.69) is 15.9 Å². The lowest BCUT2D eigenvalue weighted by Crippen LogP contribution is -1.92. The summed E-state index contributed by atoms with van der Waals surface area (Å²) in [5, 5.41) is 9.44. The normalized spacial score (nSPS) is 11.0. The van der Waals surface area contributed by atoms with E-state index in [1.54, 1.807) is 12.2 Å². The summed E-state index contributed by atoms with van der Waals surface area (Å²) in [5.41, 5.74) is 5.64. The number of hydrogen-bond acceptors (Lipinski definition) is 2. The SMILES string of the molecule is NC/C=C/c1cc(F)cc(Br)c1O. The first-order valence-corrected chi connectivity index (χ1v) is 4.49. The molecule has 0 heterocycles. The third-order valence-corrected chi connectivity index (χ3v) is 2.10. The molecule has 0 radical (unpaired) electrons. The van der Waals surface area contributed by atoms with Crippen molar-refractivity contribution in [3.05, 3.63) is 34.1 Å². The highest BCUT2D eigenvalue weighted by Crippen LogP contribution is 2.29. The Morgan fingerprint density at radius 2 is 2.23 bits per heavy atom. The van der Waals surface area contributed by atoms with Gasteiger partial charge in [0.05, 0.1) is 4.47 Å². The van der Waals surface area contributed by atoms with E-state index in [1.807, 2.05) is 0 Å². The molecule has 0 unspecified atom stereocenters. The van der Waals surface area contributed by atoms with Crippen LogP contribution in [0.4, 0.5) is 4.39 Å². The van der Waals surface area contributed by atoms with Crippen LogP contribution in [0.2, 0.25) is 0 Å². The van der Waals surface area contributed by atoms with Crippen molar-refractivity contribution in [3.8, 4) is 5.75 Å². The van der Waals surface area contributed by atoms with E-state index in [9.17, 15) is 9.50 Å². The minimum Gasteiger partial charge on any atom is -0.506 e. The summed E-state index contributed by atoms with van der Waals surface area (Å²) in [5.74, 6) is -0.382. The summed E-state index contributed by atoms with van der Waals surface area (Å²) in [6.07, 6.45) is 3.21. The molecule has 0 saturated heterocycles. The van der Waals surface area contributed by atoms with Gasteiger partial charge in [-0.3, -0.25) is 0 Å². The van der Waals surface area contributed by atoms with Crippen LogP contribution in [0.1, 0.15) is 5.56 Å². The van der Waals surface area contributed by atoms with Crippen LogP contribution in [0.15, 0.2) is 22.7 Å². The van der Waals surface area contributed by atoms with Gasteiger partial charge < -0.3 is 10.8 Å². The number of phenolic OH excluding ortho intramolecular Hbond substituents is 1. The Hall–Kier alpha value is -0.870. The molecule has 0 amide bonds. The molecule has 4 heteroatoms. The number of hydrogen-bond donors (Lipinski definition) is 2. The van der Waals surface area contributed by atoms with Gasteiger partial charge in [0.2, 0.25) is 0 Å². The number of nitrogens with two attached hydrogens (primary N) is 1. The van der Waals surface area contributed by atoms with Gasteiger partial charge in [0.1, 0.15) is 11.6 Å². The first-order chi connectivity index (χ1) is 6.15. The average Bonchev–Trinajstić information content (AvgIpc) is 2.09. The Balaban J connectivity index is 3.12. The molecule has 2 nitrogen and oxygen atoms in total. The molecular formula is C9H9BrFNO. The fourth-order valence-corrected chi connectivity index (χ4v) is 1.36. The average molecular weight is 246 g/mol. The van der Waals surface area contributed by atoms with E-state index in [-0.39, 0.29) is 5.75 Å². The molecule has 0 fully saturated rings. The van der Waals surface area contributed by atoms with Crippen molar-refractivity contribution in [2.75, 3.05) is 6.54 Å². The predicted molar refractivity (Wildman–Crippen MR) is 53.9 cm³/mol. The largest absolute Gasteiger partial charge is 0.506 e. The van der Waals surface area contributed by atoms with E-state index in [4.69, 9.17) is 5.73 Å². The van der Waals surface area contributed by atoms with Gasteiger partial charge in [-0.25, -0.2) is 4.39 Å². The van der Waals surface area contributed by atoms with E-state index >= 15 is 0 Å². The Bertz CT molecular complexity index is 339. The van der Waals surface area contributed by atoms with Crippen molar-refractivity contribution in [1.82, 2.24) is 0 Å². The predicted octanol–water partition coefficient (Wildman–Crippen LogP) is 2.27. The molecule has 0 aliphatic rings. The van der Waals surface area contributed by atoms with E-state index in [1.165, 1.54) is 12.1 Å². The van der Waals surface area contributed by atoms with E-state index < -0.39 is 5.82 Å². The lowest BCUT2D eigenvalue weighted by Gasteiger charge is -2.01. The maximum Gasteiger partial charge on any atom is 0.137 e. The van der Waals surface area contributed by atoms with Gasteiger partial charge in [-0.2, -0.15) is 0 Å². The molecule has 1 aromatic carbocycles. The number of benzene rings is 1. The number of halogens is 2. The van der Waals surface area contributed by atoms with Crippen molar-refractivity contribution < 1.29 is 9.50 Å². The lowest BCUT2D eigenvalue weighted by atomic mass is 10.2. The number of rotatable bonds is 2. The van der Waals surface area contributed by atoms with Crippen LogP contribution in [0.5, 0.6) is 5.75 Å². The molecule has 0 spiro atoms. The Morgan fingerprint density at radius 3 is 2.85 bits per heavy atom. The van der Waals surface area contributed by atoms with Crippen LogP contribution in [-0.2, 0) is 0 Å². The van der Waals surface area contributed by atoms with Crippen LogP contribution >= 0.6 is 15.9 Å². The van der Waals surface area contributed by atoms with Crippen LogP contribution in [0.25, 0.3) is 6.08 Å². The molecule has 0 saturated carbocycles. The molecule has 3 N–H and O–H groups in total. The van der Waals surface area contributed by atoms with Gasteiger partial charge in [-0.05, 0) is 28.1 Å². The summed E-state index contributed by atoms with van der Waals surface area (Å²) in [7, 11) is 0. The van der Waals surface area contributed by atoms with Crippen molar-refractivity contribution in [3.63, 3.8) is 0 Å². The molecule has 1 rings (SSSR count). The van der Waals surface area contributed by atoms with E-state index in [0.717, 1.165) is 0 Å². The minimum absolute atomic E-state index is 0.0195. The molecule has 1 aromatic rings. The first-order valence-electron chi connectivity index (χ1n) is 3.69. The Labute approximate surface area is 84.0 Å². The van der Waals surface area contributed by atoms with Crippen LogP contribution in [-0.4, -0.2) is 11.7 Å². The Kier molecular flexibility index (Phi) is 3.45. The molecule has 70 valence electrons. The fourth-order valence-electron chi connectivity index (χ4n) is 0.908. The second kappa shape index (κ2) is 4.39.